The second-order valence-electron chi connectivity index (χ2n) is 4.25. The van der Waals surface area contributed by atoms with Gasteiger partial charge in [-0.3, -0.25) is 4.79 Å². The van der Waals surface area contributed by atoms with E-state index >= 15 is 0 Å². The number of carbonyl (C=O) groups excluding carboxylic acids is 1. The molecular weight excluding hydrogens is 267 g/mol. The highest BCUT2D eigenvalue weighted by molar-refractivity contribution is 7.80. The van der Waals surface area contributed by atoms with Gasteiger partial charge in [0.1, 0.15) is 16.6 Å². The van der Waals surface area contributed by atoms with Crippen molar-refractivity contribution >= 4 is 23.1 Å². The van der Waals surface area contributed by atoms with E-state index in [0.717, 1.165) is 0 Å². The highest BCUT2D eigenvalue weighted by Gasteiger charge is 2.07. The maximum absolute atomic E-state index is 13.5. The molecule has 0 aliphatic heterocycles. The first kappa shape index (κ1) is 15.4. The van der Waals surface area contributed by atoms with E-state index in [2.05, 4.69) is 0 Å². The molecule has 0 aliphatic rings. The third-order valence-corrected chi connectivity index (χ3v) is 2.73. The van der Waals surface area contributed by atoms with Crippen molar-refractivity contribution in [1.82, 2.24) is 4.90 Å². The van der Waals surface area contributed by atoms with Crippen LogP contribution in [0.5, 0.6) is 5.75 Å². The molecule has 104 valence electrons. The summed E-state index contributed by atoms with van der Waals surface area (Å²) in [5.41, 5.74) is 5.56. The summed E-state index contributed by atoms with van der Waals surface area (Å²) in [5, 5.41) is 0. The van der Waals surface area contributed by atoms with Crippen LogP contribution in [0.25, 0.3) is 0 Å². The summed E-state index contributed by atoms with van der Waals surface area (Å²) in [7, 11) is 3.40. The first-order valence-corrected chi connectivity index (χ1v) is 6.25. The predicted molar refractivity (Wildman–Crippen MR) is 75.7 cm³/mol. The number of thiocarbonyl (C=S) groups is 1. The normalized spacial score (nSPS) is 10.1. The lowest BCUT2D eigenvalue weighted by Crippen LogP contribution is -2.21. The molecule has 1 aromatic rings. The Hall–Kier alpha value is -1.69. The van der Waals surface area contributed by atoms with Crippen LogP contribution in [-0.4, -0.2) is 36.5 Å². The highest BCUT2D eigenvalue weighted by atomic mass is 32.1. The maximum atomic E-state index is 13.5. The lowest BCUT2D eigenvalue weighted by atomic mass is 10.2. The lowest BCUT2D eigenvalue weighted by Gasteiger charge is -2.11. The third kappa shape index (κ3) is 4.82. The Kier molecular flexibility index (Phi) is 5.69. The molecule has 19 heavy (non-hydrogen) atoms. The van der Waals surface area contributed by atoms with Crippen molar-refractivity contribution in [2.75, 3.05) is 20.7 Å². The molecule has 0 saturated carbocycles. The summed E-state index contributed by atoms with van der Waals surface area (Å²) in [6.07, 6.45) is 0.982. The Bertz CT molecular complexity index is 478. The van der Waals surface area contributed by atoms with Gasteiger partial charge >= 0.3 is 0 Å². The van der Waals surface area contributed by atoms with Crippen LogP contribution in [-0.2, 0) is 4.79 Å². The van der Waals surface area contributed by atoms with Crippen LogP contribution < -0.4 is 10.5 Å². The molecule has 0 bridgehead atoms. The van der Waals surface area contributed by atoms with E-state index in [4.69, 9.17) is 22.7 Å². The van der Waals surface area contributed by atoms with Gasteiger partial charge in [0, 0.05) is 32.1 Å². The van der Waals surface area contributed by atoms with Crippen LogP contribution >= 0.6 is 12.2 Å². The van der Waals surface area contributed by atoms with Crippen molar-refractivity contribution in [3.05, 3.63) is 29.6 Å². The fraction of sp³-hybridized carbons (Fsp3) is 0.385. The fourth-order valence-corrected chi connectivity index (χ4v) is 1.59. The Morgan fingerprint density at radius 1 is 1.47 bits per heavy atom. The van der Waals surface area contributed by atoms with Crippen molar-refractivity contribution in [1.29, 1.82) is 0 Å². The minimum absolute atomic E-state index is 0.0145. The Morgan fingerprint density at radius 2 is 2.16 bits per heavy atom. The minimum Gasteiger partial charge on any atom is -0.493 e. The van der Waals surface area contributed by atoms with Crippen molar-refractivity contribution in [2.24, 2.45) is 5.73 Å². The number of nitrogens with zero attached hydrogens (tertiary/aromatic N) is 1. The van der Waals surface area contributed by atoms with E-state index in [1.54, 1.807) is 20.2 Å². The van der Waals surface area contributed by atoms with E-state index in [9.17, 15) is 9.18 Å². The van der Waals surface area contributed by atoms with Gasteiger partial charge in [-0.1, -0.05) is 12.2 Å². The molecular formula is C13H17FN2O2S. The molecule has 0 unspecified atom stereocenters. The van der Waals surface area contributed by atoms with E-state index in [1.165, 1.54) is 17.0 Å². The molecule has 0 spiro atoms. The van der Waals surface area contributed by atoms with Crippen LogP contribution in [0.1, 0.15) is 18.4 Å². The number of benzene rings is 1. The van der Waals surface area contributed by atoms with Gasteiger partial charge in [-0.2, -0.15) is 0 Å². The second-order valence-corrected chi connectivity index (χ2v) is 4.69. The van der Waals surface area contributed by atoms with Gasteiger partial charge in [-0.25, -0.2) is 4.39 Å². The lowest BCUT2D eigenvalue weighted by molar-refractivity contribution is -0.128. The van der Waals surface area contributed by atoms with E-state index in [1.807, 2.05) is 0 Å². The quantitative estimate of drug-likeness (QED) is 0.638. The summed E-state index contributed by atoms with van der Waals surface area (Å²) < 4.78 is 18.9. The van der Waals surface area contributed by atoms with Crippen molar-refractivity contribution in [3.63, 3.8) is 0 Å². The molecule has 0 fully saturated rings. The van der Waals surface area contributed by atoms with Crippen molar-refractivity contribution in [3.8, 4) is 5.75 Å². The highest BCUT2D eigenvalue weighted by Crippen LogP contribution is 2.17. The van der Waals surface area contributed by atoms with Crippen molar-refractivity contribution < 1.29 is 13.9 Å². The van der Waals surface area contributed by atoms with E-state index in [-0.39, 0.29) is 16.5 Å². The molecule has 4 nitrogen and oxygen atoms in total. The molecule has 1 aromatic carbocycles. The van der Waals surface area contributed by atoms with Gasteiger partial charge < -0.3 is 15.4 Å². The third-order valence-electron chi connectivity index (χ3n) is 2.51. The number of carbonyl (C=O) groups is 1. The monoisotopic (exact) mass is 284 g/mol. The average Bonchev–Trinajstić information content (AvgIpc) is 2.33. The Morgan fingerprint density at radius 3 is 2.68 bits per heavy atom. The first-order chi connectivity index (χ1) is 8.91. The second kappa shape index (κ2) is 7.04. The SMILES string of the molecule is CN(C)C(=O)CCCOc1ccc(C(N)=S)c(F)c1. The fourth-order valence-electron chi connectivity index (χ4n) is 1.42. The first-order valence-electron chi connectivity index (χ1n) is 5.84. The topological polar surface area (TPSA) is 55.6 Å². The minimum atomic E-state index is -0.505. The molecule has 0 aromatic heterocycles. The zero-order valence-electron chi connectivity index (χ0n) is 11.0. The maximum Gasteiger partial charge on any atom is 0.222 e. The van der Waals surface area contributed by atoms with Gasteiger partial charge in [0.25, 0.3) is 0 Å². The Labute approximate surface area is 117 Å². The van der Waals surface area contributed by atoms with Crippen LogP contribution in [0.2, 0.25) is 0 Å². The molecule has 2 N–H and O–H groups in total. The van der Waals surface area contributed by atoms with Gasteiger partial charge in [0.2, 0.25) is 5.91 Å². The zero-order valence-corrected chi connectivity index (χ0v) is 11.8. The predicted octanol–water partition coefficient (Wildman–Crippen LogP) is 1.71. The van der Waals surface area contributed by atoms with Crippen LogP contribution in [0.4, 0.5) is 4.39 Å². The Balaban J connectivity index is 2.44. The standard InChI is InChI=1S/C13H17FN2O2S/c1-16(2)12(17)4-3-7-18-9-5-6-10(13(15)19)11(14)8-9/h5-6,8H,3-4,7H2,1-2H3,(H2,15,19). The summed E-state index contributed by atoms with van der Waals surface area (Å²) in [6.45, 7) is 0.353. The number of halogens is 1. The number of rotatable bonds is 6. The van der Waals surface area contributed by atoms with E-state index in [0.29, 0.717) is 25.2 Å². The summed E-state index contributed by atoms with van der Waals surface area (Å²) >= 11 is 4.71. The molecule has 0 heterocycles. The molecule has 0 aliphatic carbocycles. The number of nitrogens with two attached hydrogens (primary N) is 1. The molecule has 1 rings (SSSR count). The van der Waals surface area contributed by atoms with Gasteiger partial charge in [-0.05, 0) is 18.6 Å². The number of ether oxygens (including phenoxy) is 1. The summed E-state index contributed by atoms with van der Waals surface area (Å²) in [6, 6.07) is 4.32. The number of hydrogen-bond acceptors (Lipinski definition) is 3. The van der Waals surface area contributed by atoms with Gasteiger partial charge in [0.15, 0.2) is 0 Å². The smallest absolute Gasteiger partial charge is 0.222 e. The van der Waals surface area contributed by atoms with Gasteiger partial charge in [-0.15, -0.1) is 0 Å². The van der Waals surface area contributed by atoms with Gasteiger partial charge in [0.05, 0.1) is 6.61 Å². The summed E-state index contributed by atoms with van der Waals surface area (Å²) in [4.78, 5) is 12.8. The number of hydrogen-bond donors (Lipinski definition) is 1. The summed E-state index contributed by atoms with van der Waals surface area (Å²) in [5.74, 6) is -0.0669. The molecule has 0 atom stereocenters. The molecule has 0 saturated heterocycles. The van der Waals surface area contributed by atoms with Crippen LogP contribution in [0, 0.1) is 5.82 Å². The van der Waals surface area contributed by atoms with Crippen molar-refractivity contribution in [2.45, 2.75) is 12.8 Å². The molecule has 0 radical (unpaired) electrons. The molecule has 1 amide bonds. The molecule has 6 heteroatoms. The van der Waals surface area contributed by atoms with Crippen LogP contribution in [0.3, 0.4) is 0 Å². The number of amides is 1. The van der Waals surface area contributed by atoms with Crippen LogP contribution in [0.15, 0.2) is 18.2 Å². The zero-order chi connectivity index (χ0) is 14.4. The average molecular weight is 284 g/mol. The largest absolute Gasteiger partial charge is 0.493 e. The van der Waals surface area contributed by atoms with E-state index < -0.39 is 5.82 Å².